The number of nitrogens with zero attached hydrogens (tertiary/aromatic N) is 1. The van der Waals surface area contributed by atoms with E-state index in [4.69, 9.17) is 4.74 Å². The van der Waals surface area contributed by atoms with E-state index in [-0.39, 0.29) is 5.69 Å². The first-order chi connectivity index (χ1) is 10.7. The van der Waals surface area contributed by atoms with Crippen molar-refractivity contribution in [3.05, 3.63) is 53.7 Å². The van der Waals surface area contributed by atoms with Crippen LogP contribution < -0.4 is 4.72 Å². The molecule has 0 bridgehead atoms. The monoisotopic (exact) mass is 334 g/mol. The summed E-state index contributed by atoms with van der Waals surface area (Å²) in [6.07, 6.45) is 0.894. The third-order valence-electron chi connectivity index (χ3n) is 3.53. The van der Waals surface area contributed by atoms with E-state index < -0.39 is 33.0 Å². The SMILES string of the molecule is CC1(c2ccc3ccccc3n2)OC(NS(C)(=O)=O)=C(O)C1=O. The lowest BCUT2D eigenvalue weighted by Gasteiger charge is -2.22. The van der Waals surface area contributed by atoms with Crippen LogP contribution in [0.5, 0.6) is 0 Å². The number of nitrogens with one attached hydrogen (secondary N) is 1. The van der Waals surface area contributed by atoms with Crippen molar-refractivity contribution in [3.63, 3.8) is 0 Å². The lowest BCUT2D eigenvalue weighted by atomic mass is 9.95. The summed E-state index contributed by atoms with van der Waals surface area (Å²) in [5.74, 6) is -2.02. The number of carbonyl (C=O) groups excluding carboxylic acids is 1. The van der Waals surface area contributed by atoms with Crippen LogP contribution >= 0.6 is 0 Å². The Morgan fingerprint density at radius 2 is 1.91 bits per heavy atom. The van der Waals surface area contributed by atoms with Crippen molar-refractivity contribution in [3.8, 4) is 0 Å². The molecular formula is C15H14N2O5S. The highest BCUT2D eigenvalue weighted by Gasteiger charge is 2.49. The van der Waals surface area contributed by atoms with Crippen molar-refractivity contribution in [2.45, 2.75) is 12.5 Å². The molecule has 120 valence electrons. The van der Waals surface area contributed by atoms with Crippen molar-refractivity contribution in [2.24, 2.45) is 0 Å². The van der Waals surface area contributed by atoms with Gasteiger partial charge in [0.15, 0.2) is 0 Å². The van der Waals surface area contributed by atoms with Crippen LogP contribution in [-0.4, -0.2) is 30.5 Å². The molecule has 2 aromatic rings. The number of hydrogen-bond acceptors (Lipinski definition) is 6. The average molecular weight is 334 g/mol. The molecule has 2 heterocycles. The quantitative estimate of drug-likeness (QED) is 0.877. The fraction of sp³-hybridized carbons (Fsp3) is 0.200. The van der Waals surface area contributed by atoms with Gasteiger partial charge >= 0.3 is 0 Å². The Hall–Kier alpha value is -2.61. The maximum atomic E-state index is 12.4. The van der Waals surface area contributed by atoms with E-state index in [1.807, 2.05) is 22.9 Å². The first-order valence-electron chi connectivity index (χ1n) is 6.72. The van der Waals surface area contributed by atoms with E-state index >= 15 is 0 Å². The van der Waals surface area contributed by atoms with E-state index in [1.54, 1.807) is 18.2 Å². The Morgan fingerprint density at radius 1 is 1.22 bits per heavy atom. The number of aromatic nitrogens is 1. The zero-order valence-corrected chi connectivity index (χ0v) is 13.2. The number of carbonyl (C=O) groups is 1. The highest BCUT2D eigenvalue weighted by Crippen LogP contribution is 2.36. The zero-order chi connectivity index (χ0) is 16.8. The van der Waals surface area contributed by atoms with Crippen LogP contribution in [0.3, 0.4) is 0 Å². The van der Waals surface area contributed by atoms with Gasteiger partial charge in [-0.2, -0.15) is 0 Å². The minimum atomic E-state index is -3.70. The summed E-state index contributed by atoms with van der Waals surface area (Å²) in [6, 6.07) is 10.7. The molecule has 1 aliphatic rings. The third kappa shape index (κ3) is 2.61. The van der Waals surface area contributed by atoms with E-state index in [0.29, 0.717) is 5.52 Å². The van der Waals surface area contributed by atoms with Gasteiger partial charge in [0, 0.05) is 5.39 Å². The maximum absolute atomic E-state index is 12.4. The summed E-state index contributed by atoms with van der Waals surface area (Å²) in [6.45, 7) is 1.43. The number of ether oxygens (including phenoxy) is 1. The Balaban J connectivity index is 2.03. The molecule has 23 heavy (non-hydrogen) atoms. The number of para-hydroxylation sites is 1. The summed E-state index contributed by atoms with van der Waals surface area (Å²) in [4.78, 5) is 16.7. The highest BCUT2D eigenvalue weighted by molar-refractivity contribution is 7.88. The Labute approximate surface area is 132 Å². The first-order valence-corrected chi connectivity index (χ1v) is 8.61. The number of sulfonamides is 1. The van der Waals surface area contributed by atoms with Crippen LogP contribution in [0.25, 0.3) is 10.9 Å². The molecule has 0 fully saturated rings. The minimum absolute atomic E-state index is 0.276. The zero-order valence-electron chi connectivity index (χ0n) is 12.4. The standard InChI is InChI=1S/C15H14N2O5S/c1-15(11-8-7-9-5-3-4-6-10(9)16-11)13(19)12(18)14(22-15)17-23(2,20)21/h3-8,17-18H,1-2H3. The number of rotatable bonds is 3. The maximum Gasteiger partial charge on any atom is 0.252 e. The van der Waals surface area contributed by atoms with Crippen LogP contribution in [0, 0.1) is 0 Å². The van der Waals surface area contributed by atoms with Gasteiger partial charge in [0.2, 0.25) is 27.3 Å². The molecule has 1 aromatic heterocycles. The van der Waals surface area contributed by atoms with E-state index in [0.717, 1.165) is 11.6 Å². The van der Waals surface area contributed by atoms with Gasteiger partial charge in [0.1, 0.15) is 0 Å². The molecule has 1 aliphatic heterocycles. The number of ketones is 1. The molecule has 1 unspecified atom stereocenters. The number of aliphatic hydroxyl groups is 1. The Kier molecular flexibility index (Phi) is 3.29. The van der Waals surface area contributed by atoms with Gasteiger partial charge in [-0.25, -0.2) is 13.4 Å². The number of Topliss-reactive ketones (excluding diaryl/α,β-unsaturated/α-hetero) is 1. The molecule has 0 saturated carbocycles. The van der Waals surface area contributed by atoms with Gasteiger partial charge in [-0.05, 0) is 19.1 Å². The Morgan fingerprint density at radius 3 is 2.61 bits per heavy atom. The summed E-state index contributed by atoms with van der Waals surface area (Å²) in [7, 11) is -3.70. The minimum Gasteiger partial charge on any atom is -0.501 e. The molecule has 1 aromatic carbocycles. The molecule has 0 saturated heterocycles. The molecule has 1 atom stereocenters. The van der Waals surface area contributed by atoms with Crippen molar-refractivity contribution in [1.82, 2.24) is 9.71 Å². The van der Waals surface area contributed by atoms with Crippen LogP contribution in [0.2, 0.25) is 0 Å². The molecule has 0 aliphatic carbocycles. The number of aliphatic hydroxyl groups excluding tert-OH is 1. The Bertz CT molecular complexity index is 951. The van der Waals surface area contributed by atoms with Gasteiger partial charge < -0.3 is 9.84 Å². The fourth-order valence-corrected chi connectivity index (χ4v) is 2.84. The predicted octanol–water partition coefficient (Wildman–Crippen LogP) is 1.33. The third-order valence-corrected chi connectivity index (χ3v) is 4.09. The van der Waals surface area contributed by atoms with Gasteiger partial charge in [0.05, 0.1) is 17.5 Å². The van der Waals surface area contributed by atoms with Crippen LogP contribution in [-0.2, 0) is 25.2 Å². The summed E-state index contributed by atoms with van der Waals surface area (Å²) in [5.41, 5.74) is -0.661. The lowest BCUT2D eigenvalue weighted by molar-refractivity contribution is -0.132. The molecule has 8 heteroatoms. The molecular weight excluding hydrogens is 320 g/mol. The number of fused-ring (bicyclic) bond motifs is 1. The largest absolute Gasteiger partial charge is 0.501 e. The van der Waals surface area contributed by atoms with Crippen molar-refractivity contribution < 1.29 is 23.1 Å². The van der Waals surface area contributed by atoms with Gasteiger partial charge in [-0.15, -0.1) is 0 Å². The van der Waals surface area contributed by atoms with E-state index in [9.17, 15) is 18.3 Å². The second kappa shape index (κ2) is 4.95. The molecule has 3 rings (SSSR count). The van der Waals surface area contributed by atoms with Gasteiger partial charge in [-0.1, -0.05) is 24.3 Å². The van der Waals surface area contributed by atoms with E-state index in [2.05, 4.69) is 4.98 Å². The second-order valence-electron chi connectivity index (χ2n) is 5.41. The predicted molar refractivity (Wildman–Crippen MR) is 82.8 cm³/mol. The summed E-state index contributed by atoms with van der Waals surface area (Å²) < 4.78 is 30.0. The first kappa shape index (κ1) is 15.3. The molecule has 7 nitrogen and oxygen atoms in total. The highest BCUT2D eigenvalue weighted by atomic mass is 32.2. The van der Waals surface area contributed by atoms with Crippen LogP contribution in [0.1, 0.15) is 12.6 Å². The second-order valence-corrected chi connectivity index (χ2v) is 7.15. The van der Waals surface area contributed by atoms with E-state index in [1.165, 1.54) is 6.92 Å². The lowest BCUT2D eigenvalue weighted by Crippen LogP contribution is -2.33. The summed E-state index contributed by atoms with van der Waals surface area (Å²) in [5, 5.41) is 10.8. The van der Waals surface area contributed by atoms with Gasteiger partial charge in [-0.3, -0.25) is 9.52 Å². The topological polar surface area (TPSA) is 106 Å². The number of hydrogen-bond donors (Lipinski definition) is 2. The smallest absolute Gasteiger partial charge is 0.252 e. The van der Waals surface area contributed by atoms with Crippen molar-refractivity contribution >= 4 is 26.7 Å². The number of pyridine rings is 1. The normalized spacial score (nSPS) is 21.6. The number of benzene rings is 1. The summed E-state index contributed by atoms with van der Waals surface area (Å²) >= 11 is 0. The van der Waals surface area contributed by atoms with Crippen LogP contribution in [0.15, 0.2) is 48.0 Å². The fourth-order valence-electron chi connectivity index (χ4n) is 2.37. The molecule has 0 spiro atoms. The molecule has 0 radical (unpaired) electrons. The van der Waals surface area contributed by atoms with Crippen molar-refractivity contribution in [1.29, 1.82) is 0 Å². The molecule has 0 amide bonds. The van der Waals surface area contributed by atoms with Crippen molar-refractivity contribution in [2.75, 3.05) is 6.26 Å². The van der Waals surface area contributed by atoms with Crippen LogP contribution in [0.4, 0.5) is 0 Å². The average Bonchev–Trinajstić information content (AvgIpc) is 2.70. The molecule has 2 N–H and O–H groups in total. The van der Waals surface area contributed by atoms with Gasteiger partial charge in [0.25, 0.3) is 5.78 Å².